The highest BCUT2D eigenvalue weighted by molar-refractivity contribution is 5.98. The predicted molar refractivity (Wildman–Crippen MR) is 51.9 cm³/mol. The van der Waals surface area contributed by atoms with E-state index in [0.29, 0.717) is 11.4 Å². The number of nitrogens with zero attached hydrogens (tertiary/aromatic N) is 1. The highest BCUT2D eigenvalue weighted by Gasteiger charge is 2.24. The van der Waals surface area contributed by atoms with Crippen molar-refractivity contribution in [3.05, 3.63) is 24.0 Å². The van der Waals surface area contributed by atoms with E-state index in [2.05, 4.69) is 12.0 Å². The molecule has 1 amide bonds. The molecule has 75 valence electrons. The third-order valence-corrected chi connectivity index (χ3v) is 2.05. The smallest absolute Gasteiger partial charge is 0.265 e. The van der Waals surface area contributed by atoms with Crippen LogP contribution in [0.15, 0.2) is 12.1 Å². The zero-order valence-corrected chi connectivity index (χ0v) is 7.79. The molecule has 1 aliphatic heterocycles. The summed E-state index contributed by atoms with van der Waals surface area (Å²) in [5.41, 5.74) is 0.464. The van der Waals surface area contributed by atoms with Gasteiger partial charge in [-0.2, -0.15) is 0 Å². The zero-order chi connectivity index (χ0) is 10.8. The van der Waals surface area contributed by atoms with E-state index in [1.54, 1.807) is 0 Å². The number of benzene rings is 1. The van der Waals surface area contributed by atoms with E-state index >= 15 is 0 Å². The van der Waals surface area contributed by atoms with Crippen LogP contribution in [0.3, 0.4) is 0 Å². The van der Waals surface area contributed by atoms with Gasteiger partial charge in [-0.05, 0) is 6.07 Å². The lowest BCUT2D eigenvalue weighted by Crippen LogP contribution is -2.39. The largest absolute Gasteiger partial charge is 0.481 e. The molecule has 0 aromatic heterocycles. The molecule has 0 fully saturated rings. The molecule has 0 bridgehead atoms. The van der Waals surface area contributed by atoms with Gasteiger partial charge < -0.3 is 4.74 Å². The number of ether oxygens (including phenoxy) is 1. The molecule has 15 heavy (non-hydrogen) atoms. The fourth-order valence-electron chi connectivity index (χ4n) is 1.38. The molecule has 1 radical (unpaired) electrons. The van der Waals surface area contributed by atoms with Gasteiger partial charge >= 0.3 is 0 Å². The number of amides is 1. The van der Waals surface area contributed by atoms with E-state index in [1.807, 2.05) is 0 Å². The van der Waals surface area contributed by atoms with Gasteiger partial charge in [-0.25, -0.2) is 4.39 Å². The molecule has 0 N–H and O–H groups in total. The van der Waals surface area contributed by atoms with Gasteiger partial charge in [-0.1, -0.05) is 5.92 Å². The quantitative estimate of drug-likeness (QED) is 0.638. The molecule has 1 aliphatic rings. The highest BCUT2D eigenvalue weighted by atomic mass is 19.1. The van der Waals surface area contributed by atoms with Crippen LogP contribution in [0.5, 0.6) is 5.75 Å². The van der Waals surface area contributed by atoms with Crippen molar-refractivity contribution in [2.24, 2.45) is 0 Å². The molecular weight excluding hydrogens is 197 g/mol. The molecule has 1 aromatic carbocycles. The van der Waals surface area contributed by atoms with Gasteiger partial charge in [0.1, 0.15) is 11.6 Å². The van der Waals surface area contributed by atoms with Crippen molar-refractivity contribution >= 4 is 11.6 Å². The molecule has 1 aromatic rings. The van der Waals surface area contributed by atoms with Crippen LogP contribution in [0.25, 0.3) is 0 Å². The number of rotatable bonds is 1. The van der Waals surface area contributed by atoms with Crippen LogP contribution in [-0.2, 0) is 4.79 Å². The number of carbonyl (C=O) groups is 1. The van der Waals surface area contributed by atoms with Crippen LogP contribution in [0, 0.1) is 24.2 Å². The Balaban J connectivity index is 2.44. The number of terminal acetylenes is 1. The third-order valence-electron chi connectivity index (χ3n) is 2.05. The fraction of sp³-hybridized carbons (Fsp3) is 0.182. The summed E-state index contributed by atoms with van der Waals surface area (Å²) in [6.07, 6.45) is 5.14. The lowest BCUT2D eigenvalue weighted by molar-refractivity contribution is -0.121. The maximum Gasteiger partial charge on any atom is 0.265 e. The number of halogens is 1. The van der Waals surface area contributed by atoms with Crippen LogP contribution >= 0.6 is 0 Å². The van der Waals surface area contributed by atoms with Crippen LogP contribution in [0.4, 0.5) is 10.1 Å². The summed E-state index contributed by atoms with van der Waals surface area (Å²) in [5, 5.41) is 0. The summed E-state index contributed by atoms with van der Waals surface area (Å²) in [4.78, 5) is 12.8. The normalized spacial score (nSPS) is 14.1. The second-order valence-corrected chi connectivity index (χ2v) is 3.00. The first-order valence-electron chi connectivity index (χ1n) is 4.30. The summed E-state index contributed by atoms with van der Waals surface area (Å²) in [5.74, 6) is 1.93. The summed E-state index contributed by atoms with van der Waals surface area (Å²) in [7, 11) is 0. The van der Waals surface area contributed by atoms with Crippen molar-refractivity contribution in [3.8, 4) is 18.1 Å². The summed E-state index contributed by atoms with van der Waals surface area (Å²) in [6, 6.07) is 4.91. The number of carbonyl (C=O) groups excluding carboxylic acids is 1. The van der Waals surface area contributed by atoms with Crippen molar-refractivity contribution in [3.63, 3.8) is 0 Å². The van der Waals surface area contributed by atoms with Gasteiger partial charge in [0, 0.05) is 12.1 Å². The van der Waals surface area contributed by atoms with E-state index in [4.69, 9.17) is 11.2 Å². The van der Waals surface area contributed by atoms with Gasteiger partial charge in [0.05, 0.1) is 12.2 Å². The molecule has 0 atom stereocenters. The SMILES string of the molecule is C#CCN1C(=O)COc2cc(F)[c]cc21. The van der Waals surface area contributed by atoms with Gasteiger partial charge in [-0.15, -0.1) is 6.42 Å². The lowest BCUT2D eigenvalue weighted by atomic mass is 10.2. The molecule has 0 unspecified atom stereocenters. The second-order valence-electron chi connectivity index (χ2n) is 3.00. The molecule has 3 nitrogen and oxygen atoms in total. The van der Waals surface area contributed by atoms with E-state index in [-0.39, 0.29) is 19.1 Å². The van der Waals surface area contributed by atoms with Crippen LogP contribution in [-0.4, -0.2) is 19.1 Å². The molecule has 1 heterocycles. The van der Waals surface area contributed by atoms with E-state index in [1.165, 1.54) is 17.0 Å². The first-order chi connectivity index (χ1) is 7.22. The minimum atomic E-state index is -0.524. The number of anilines is 1. The van der Waals surface area contributed by atoms with Crippen LogP contribution < -0.4 is 9.64 Å². The standard InChI is InChI=1S/C11H7FNO2/c1-2-5-13-9-4-3-8(12)6-10(9)15-7-11(13)14/h1,4,6H,5,7H2. The molecular formula is C11H7FNO2. The minimum absolute atomic E-state index is 0.113. The Bertz CT molecular complexity index is 450. The molecule has 0 spiro atoms. The summed E-state index contributed by atoms with van der Waals surface area (Å²) >= 11 is 0. The Kier molecular flexibility index (Phi) is 2.30. The second kappa shape index (κ2) is 3.62. The van der Waals surface area contributed by atoms with Crippen molar-refractivity contribution in [2.75, 3.05) is 18.1 Å². The molecule has 0 saturated carbocycles. The maximum atomic E-state index is 12.8. The first kappa shape index (κ1) is 9.53. The van der Waals surface area contributed by atoms with Crippen molar-refractivity contribution in [2.45, 2.75) is 0 Å². The van der Waals surface area contributed by atoms with Crippen LogP contribution in [0.2, 0.25) is 0 Å². The van der Waals surface area contributed by atoms with Gasteiger partial charge in [0.15, 0.2) is 6.61 Å². The monoisotopic (exact) mass is 204 g/mol. The van der Waals surface area contributed by atoms with Gasteiger partial charge in [0.2, 0.25) is 0 Å². The van der Waals surface area contributed by atoms with Crippen molar-refractivity contribution in [1.29, 1.82) is 0 Å². The van der Waals surface area contributed by atoms with E-state index in [0.717, 1.165) is 0 Å². The third kappa shape index (κ3) is 1.64. The topological polar surface area (TPSA) is 29.5 Å². The summed E-state index contributed by atoms with van der Waals surface area (Å²) in [6.45, 7) is 0.0345. The van der Waals surface area contributed by atoms with E-state index in [9.17, 15) is 9.18 Å². The Morgan fingerprint density at radius 1 is 1.73 bits per heavy atom. The highest BCUT2D eigenvalue weighted by Crippen LogP contribution is 2.31. The maximum absolute atomic E-state index is 12.8. The van der Waals surface area contributed by atoms with Crippen molar-refractivity contribution < 1.29 is 13.9 Å². The van der Waals surface area contributed by atoms with Crippen molar-refractivity contribution in [1.82, 2.24) is 0 Å². The molecule has 0 saturated heterocycles. The number of fused-ring (bicyclic) bond motifs is 1. The average Bonchev–Trinajstić information content (AvgIpc) is 2.22. The Hall–Kier alpha value is -2.02. The fourth-order valence-corrected chi connectivity index (χ4v) is 1.38. The first-order valence-corrected chi connectivity index (χ1v) is 4.30. The lowest BCUT2D eigenvalue weighted by Gasteiger charge is -2.27. The minimum Gasteiger partial charge on any atom is -0.481 e. The summed E-state index contributed by atoms with van der Waals surface area (Å²) < 4.78 is 17.9. The zero-order valence-electron chi connectivity index (χ0n) is 7.79. The van der Waals surface area contributed by atoms with Gasteiger partial charge in [-0.3, -0.25) is 9.69 Å². The van der Waals surface area contributed by atoms with Crippen LogP contribution in [0.1, 0.15) is 0 Å². The Morgan fingerprint density at radius 3 is 3.27 bits per heavy atom. The molecule has 4 heteroatoms. The van der Waals surface area contributed by atoms with E-state index < -0.39 is 5.82 Å². The number of hydrogen-bond acceptors (Lipinski definition) is 2. The molecule has 0 aliphatic carbocycles. The Morgan fingerprint density at radius 2 is 2.53 bits per heavy atom. The molecule has 2 rings (SSSR count). The Labute approximate surface area is 86.4 Å². The number of hydrogen-bond donors (Lipinski definition) is 0. The average molecular weight is 204 g/mol. The van der Waals surface area contributed by atoms with Gasteiger partial charge in [0.25, 0.3) is 5.91 Å². The predicted octanol–water partition coefficient (Wildman–Crippen LogP) is 0.984.